The zero-order valence-corrected chi connectivity index (χ0v) is 23.0. The van der Waals surface area contributed by atoms with Crippen molar-refractivity contribution in [1.82, 2.24) is 9.78 Å². The summed E-state index contributed by atoms with van der Waals surface area (Å²) in [6.07, 6.45) is -7.09. The Bertz CT molecular complexity index is 1090. The van der Waals surface area contributed by atoms with Gasteiger partial charge in [-0.15, -0.1) is 16.9 Å². The molecule has 39 heavy (non-hydrogen) atoms. The van der Waals surface area contributed by atoms with Crippen molar-refractivity contribution in [3.05, 3.63) is 41.1 Å². The van der Waals surface area contributed by atoms with Crippen LogP contribution in [0.5, 0.6) is 5.88 Å². The molecule has 0 spiro atoms. The van der Waals surface area contributed by atoms with Crippen LogP contribution >= 0.6 is 11.8 Å². The summed E-state index contributed by atoms with van der Waals surface area (Å²) in [5.74, 6) is 0.0478. The van der Waals surface area contributed by atoms with Crippen molar-refractivity contribution in [2.75, 3.05) is 26.1 Å². The Morgan fingerprint density at radius 2 is 1.62 bits per heavy atom. The van der Waals surface area contributed by atoms with Gasteiger partial charge in [-0.1, -0.05) is 12.1 Å². The Morgan fingerprint density at radius 1 is 0.974 bits per heavy atom. The van der Waals surface area contributed by atoms with Gasteiger partial charge < -0.3 is 43.7 Å². The SMILES string of the molecule is CCOC(=O)OC[C@H]1O[C@@H](Oc2nn(COC(=O)OCC)c(C)c2Cc2ccc(SC)cc2)[C@H](O)[C@@H](O)[C@@H]1O. The molecule has 0 bridgehead atoms. The van der Waals surface area contributed by atoms with Crippen LogP contribution in [-0.4, -0.2) is 94.2 Å². The Labute approximate surface area is 229 Å². The first kappa shape index (κ1) is 30.5. The van der Waals surface area contributed by atoms with Crippen molar-refractivity contribution >= 4 is 24.1 Å². The molecule has 5 atom stereocenters. The molecular formula is C25H34N2O11S. The molecule has 1 aliphatic heterocycles. The molecule has 13 nitrogen and oxygen atoms in total. The van der Waals surface area contributed by atoms with Gasteiger partial charge in [0.2, 0.25) is 12.2 Å². The van der Waals surface area contributed by atoms with E-state index in [1.807, 2.05) is 30.5 Å². The number of carbonyl (C=O) groups excluding carboxylic acids is 2. The summed E-state index contributed by atoms with van der Waals surface area (Å²) < 4.78 is 32.5. The molecule has 0 unspecified atom stereocenters. The van der Waals surface area contributed by atoms with Crippen molar-refractivity contribution in [2.24, 2.45) is 0 Å². The summed E-state index contributed by atoms with van der Waals surface area (Å²) in [4.78, 5) is 24.4. The Kier molecular flexibility index (Phi) is 11.2. The van der Waals surface area contributed by atoms with Gasteiger partial charge in [0.15, 0.2) is 6.73 Å². The third-order valence-corrected chi connectivity index (χ3v) is 6.67. The second-order valence-electron chi connectivity index (χ2n) is 8.48. The highest BCUT2D eigenvalue weighted by Crippen LogP contribution is 2.30. The molecule has 0 saturated carbocycles. The lowest BCUT2D eigenvalue weighted by Crippen LogP contribution is -2.60. The van der Waals surface area contributed by atoms with Crippen molar-refractivity contribution in [1.29, 1.82) is 0 Å². The average molecular weight is 571 g/mol. The van der Waals surface area contributed by atoms with Crippen LogP contribution in [0.15, 0.2) is 29.2 Å². The van der Waals surface area contributed by atoms with E-state index in [9.17, 15) is 24.9 Å². The molecule has 14 heteroatoms. The van der Waals surface area contributed by atoms with Gasteiger partial charge in [0, 0.05) is 22.6 Å². The number of aliphatic hydroxyl groups is 3. The fourth-order valence-electron chi connectivity index (χ4n) is 3.77. The largest absolute Gasteiger partial charge is 0.510 e. The first-order valence-electron chi connectivity index (χ1n) is 12.3. The zero-order chi connectivity index (χ0) is 28.5. The number of rotatable bonds is 11. The summed E-state index contributed by atoms with van der Waals surface area (Å²) in [5.41, 5.74) is 2.15. The number of hydrogen-bond donors (Lipinski definition) is 3. The quantitative estimate of drug-likeness (QED) is 0.265. The highest BCUT2D eigenvalue weighted by atomic mass is 32.2. The lowest BCUT2D eigenvalue weighted by molar-refractivity contribution is -0.278. The van der Waals surface area contributed by atoms with Gasteiger partial charge in [-0.25, -0.2) is 14.3 Å². The second kappa shape index (κ2) is 14.4. The summed E-state index contributed by atoms with van der Waals surface area (Å²) in [7, 11) is 0. The van der Waals surface area contributed by atoms with Crippen molar-refractivity contribution in [3.63, 3.8) is 0 Å². The smallest absolute Gasteiger partial charge is 0.443 e. The Balaban J connectivity index is 1.84. The van der Waals surface area contributed by atoms with E-state index in [0.29, 0.717) is 17.7 Å². The van der Waals surface area contributed by atoms with E-state index >= 15 is 0 Å². The molecule has 1 fully saturated rings. The fourth-order valence-corrected chi connectivity index (χ4v) is 4.18. The van der Waals surface area contributed by atoms with Crippen LogP contribution in [0, 0.1) is 6.92 Å². The maximum absolute atomic E-state index is 11.7. The Morgan fingerprint density at radius 3 is 2.23 bits per heavy atom. The number of benzene rings is 1. The third-order valence-electron chi connectivity index (χ3n) is 5.92. The van der Waals surface area contributed by atoms with Gasteiger partial charge >= 0.3 is 12.3 Å². The lowest BCUT2D eigenvalue weighted by atomic mass is 9.99. The summed E-state index contributed by atoms with van der Waals surface area (Å²) in [5, 5.41) is 35.7. The van der Waals surface area contributed by atoms with Crippen LogP contribution < -0.4 is 4.74 Å². The van der Waals surface area contributed by atoms with Gasteiger partial charge in [0.1, 0.15) is 31.0 Å². The number of hydrogen-bond acceptors (Lipinski definition) is 13. The van der Waals surface area contributed by atoms with Gasteiger partial charge in [-0.2, -0.15) is 0 Å². The minimum absolute atomic E-state index is 0.0478. The monoisotopic (exact) mass is 570 g/mol. The minimum Gasteiger partial charge on any atom is -0.443 e. The predicted molar refractivity (Wildman–Crippen MR) is 136 cm³/mol. The minimum atomic E-state index is -1.67. The summed E-state index contributed by atoms with van der Waals surface area (Å²) in [6.45, 7) is 4.52. The van der Waals surface area contributed by atoms with Crippen molar-refractivity contribution < 1.29 is 53.3 Å². The van der Waals surface area contributed by atoms with E-state index in [2.05, 4.69) is 5.10 Å². The number of carbonyl (C=O) groups is 2. The molecule has 1 aromatic carbocycles. The van der Waals surface area contributed by atoms with Crippen LogP contribution in [-0.2, 0) is 36.8 Å². The van der Waals surface area contributed by atoms with Gasteiger partial charge in [0.05, 0.1) is 13.2 Å². The predicted octanol–water partition coefficient (Wildman–Crippen LogP) is 1.99. The van der Waals surface area contributed by atoms with E-state index in [-0.39, 0.29) is 25.8 Å². The van der Waals surface area contributed by atoms with Crippen LogP contribution in [0.2, 0.25) is 0 Å². The van der Waals surface area contributed by atoms with Crippen LogP contribution in [0.1, 0.15) is 30.7 Å². The second-order valence-corrected chi connectivity index (χ2v) is 9.36. The fraction of sp³-hybridized carbons (Fsp3) is 0.560. The molecule has 1 aromatic heterocycles. The molecule has 0 radical (unpaired) electrons. The van der Waals surface area contributed by atoms with Crippen LogP contribution in [0.4, 0.5) is 9.59 Å². The Hall–Kier alpha value is -3.04. The van der Waals surface area contributed by atoms with E-state index in [4.69, 9.17) is 28.4 Å². The topological polar surface area (TPSA) is 168 Å². The summed E-state index contributed by atoms with van der Waals surface area (Å²) >= 11 is 1.61. The maximum atomic E-state index is 11.7. The molecule has 1 saturated heterocycles. The zero-order valence-electron chi connectivity index (χ0n) is 22.1. The number of nitrogens with zero attached hydrogens (tertiary/aromatic N) is 2. The lowest BCUT2D eigenvalue weighted by Gasteiger charge is -2.39. The van der Waals surface area contributed by atoms with Crippen LogP contribution in [0.3, 0.4) is 0 Å². The van der Waals surface area contributed by atoms with Crippen molar-refractivity contribution in [3.8, 4) is 5.88 Å². The highest BCUT2D eigenvalue weighted by Gasteiger charge is 2.46. The van der Waals surface area contributed by atoms with Crippen molar-refractivity contribution in [2.45, 2.75) is 69.5 Å². The molecule has 0 amide bonds. The van der Waals surface area contributed by atoms with E-state index in [1.165, 1.54) is 4.68 Å². The highest BCUT2D eigenvalue weighted by molar-refractivity contribution is 7.98. The van der Waals surface area contributed by atoms with Gasteiger partial charge in [-0.3, -0.25) is 0 Å². The molecular weight excluding hydrogens is 536 g/mol. The number of aliphatic hydroxyl groups excluding tert-OH is 3. The van der Waals surface area contributed by atoms with Gasteiger partial charge in [0.25, 0.3) is 0 Å². The summed E-state index contributed by atoms with van der Waals surface area (Å²) in [6, 6.07) is 7.86. The maximum Gasteiger partial charge on any atom is 0.510 e. The van der Waals surface area contributed by atoms with E-state index in [1.54, 1.807) is 32.5 Å². The standard InChI is InChI=1S/C25H34N2O11S/c1-5-33-24(31)35-12-18-19(28)20(29)21(30)23(37-18)38-22-17(11-15-7-9-16(39-4)10-8-15)14(3)27(26-22)13-36-25(32)34-6-2/h7-10,18-21,23,28-30H,5-6,11-13H2,1-4H3/t18-,19-,20+,21-,23+/m1/s1. The first-order chi connectivity index (χ1) is 18.7. The normalized spacial score (nSPS) is 22.7. The number of aromatic nitrogens is 2. The molecule has 3 N–H and O–H groups in total. The molecule has 3 rings (SSSR count). The molecule has 1 aliphatic rings. The van der Waals surface area contributed by atoms with Crippen LogP contribution in [0.25, 0.3) is 0 Å². The number of thioether (sulfide) groups is 1. The molecule has 2 aromatic rings. The third kappa shape index (κ3) is 7.99. The molecule has 2 heterocycles. The molecule has 216 valence electrons. The first-order valence-corrected chi connectivity index (χ1v) is 13.6. The number of ether oxygens (including phenoxy) is 6. The van der Waals surface area contributed by atoms with Gasteiger partial charge in [-0.05, 0) is 44.7 Å². The average Bonchev–Trinajstić information content (AvgIpc) is 3.21. The van der Waals surface area contributed by atoms with E-state index < -0.39 is 49.6 Å². The van der Waals surface area contributed by atoms with E-state index in [0.717, 1.165) is 10.5 Å². The molecule has 0 aliphatic carbocycles.